The van der Waals surface area contributed by atoms with Crippen molar-refractivity contribution in [3.8, 4) is 11.1 Å². The Kier molecular flexibility index (Phi) is 5.60. The van der Waals surface area contributed by atoms with Crippen molar-refractivity contribution in [2.45, 2.75) is 19.0 Å². The molecule has 0 aromatic heterocycles. The molecule has 25 heavy (non-hydrogen) atoms. The van der Waals surface area contributed by atoms with Gasteiger partial charge in [-0.25, -0.2) is 0 Å². The Morgan fingerprint density at radius 3 is 1.96 bits per heavy atom. The zero-order chi connectivity index (χ0) is 17.5. The number of nitrogens with two attached hydrogens (primary N) is 1. The Labute approximate surface area is 148 Å². The molecule has 0 aliphatic rings. The summed E-state index contributed by atoms with van der Waals surface area (Å²) < 4.78 is 0. The fraction of sp³-hybridized carbons (Fsp3) is 0.136. The second-order valence-electron chi connectivity index (χ2n) is 6.08. The van der Waals surface area contributed by atoms with Crippen LogP contribution < -0.4 is 11.1 Å². The first-order chi connectivity index (χ1) is 12.2. The van der Waals surface area contributed by atoms with Gasteiger partial charge in [-0.2, -0.15) is 0 Å². The lowest BCUT2D eigenvalue weighted by Crippen LogP contribution is -2.41. The number of carbonyl (C=O) groups is 1. The van der Waals surface area contributed by atoms with E-state index in [0.29, 0.717) is 13.0 Å². The molecule has 3 aromatic rings. The highest BCUT2D eigenvalue weighted by Crippen LogP contribution is 2.19. The summed E-state index contributed by atoms with van der Waals surface area (Å²) in [6.07, 6.45) is 0.524. The molecule has 3 heteroatoms. The third kappa shape index (κ3) is 4.78. The predicted molar refractivity (Wildman–Crippen MR) is 102 cm³/mol. The molecule has 3 N–H and O–H groups in total. The second kappa shape index (κ2) is 8.27. The lowest BCUT2D eigenvalue weighted by atomic mass is 10.0. The van der Waals surface area contributed by atoms with E-state index in [4.69, 9.17) is 5.73 Å². The van der Waals surface area contributed by atoms with Gasteiger partial charge in [-0.15, -0.1) is 0 Å². The van der Waals surface area contributed by atoms with Gasteiger partial charge in [-0.1, -0.05) is 84.9 Å². The molecule has 0 aliphatic heterocycles. The van der Waals surface area contributed by atoms with Gasteiger partial charge in [0.1, 0.15) is 0 Å². The van der Waals surface area contributed by atoms with E-state index in [2.05, 4.69) is 29.6 Å². The molecule has 126 valence electrons. The lowest BCUT2D eigenvalue weighted by Gasteiger charge is -2.13. The third-order valence-corrected chi connectivity index (χ3v) is 4.16. The van der Waals surface area contributed by atoms with Crippen LogP contribution in [-0.2, 0) is 17.8 Å². The van der Waals surface area contributed by atoms with Crippen molar-refractivity contribution in [3.63, 3.8) is 0 Å². The minimum atomic E-state index is -0.550. The van der Waals surface area contributed by atoms with Gasteiger partial charge in [0.15, 0.2) is 0 Å². The summed E-state index contributed by atoms with van der Waals surface area (Å²) in [5, 5.41) is 2.89. The van der Waals surface area contributed by atoms with E-state index in [0.717, 1.165) is 16.7 Å². The first-order valence-corrected chi connectivity index (χ1v) is 8.44. The van der Waals surface area contributed by atoms with Gasteiger partial charge >= 0.3 is 0 Å². The summed E-state index contributed by atoms with van der Waals surface area (Å²) in [4.78, 5) is 12.2. The van der Waals surface area contributed by atoms with Crippen LogP contribution in [0, 0.1) is 0 Å². The number of amides is 1. The quantitative estimate of drug-likeness (QED) is 0.726. The van der Waals surface area contributed by atoms with Crippen molar-refractivity contribution in [2.75, 3.05) is 0 Å². The van der Waals surface area contributed by atoms with E-state index in [-0.39, 0.29) is 5.91 Å². The molecule has 1 atom stereocenters. The average molecular weight is 330 g/mol. The first-order valence-electron chi connectivity index (χ1n) is 8.44. The molecule has 0 unspecified atom stereocenters. The Bertz CT molecular complexity index is 798. The number of hydrogen-bond donors (Lipinski definition) is 2. The van der Waals surface area contributed by atoms with Gasteiger partial charge in [-0.3, -0.25) is 4.79 Å². The molecule has 1 amide bonds. The first kappa shape index (κ1) is 16.9. The molecular formula is C22H22N2O. The molecule has 0 saturated heterocycles. The standard InChI is InChI=1S/C22H22N2O/c23-21(22(25)24-16-18-7-3-1-4-8-18)15-17-11-13-20(14-12-17)19-9-5-2-6-10-19/h1-14,21H,15-16,23H2,(H,24,25)/t21-/m0/s1. The maximum atomic E-state index is 12.2. The van der Waals surface area contributed by atoms with Crippen molar-refractivity contribution in [3.05, 3.63) is 96.1 Å². The van der Waals surface area contributed by atoms with Crippen molar-refractivity contribution in [1.82, 2.24) is 5.32 Å². The van der Waals surface area contributed by atoms with E-state index in [9.17, 15) is 4.79 Å². The fourth-order valence-corrected chi connectivity index (χ4v) is 2.73. The molecule has 0 heterocycles. The van der Waals surface area contributed by atoms with Crippen LogP contribution in [-0.4, -0.2) is 11.9 Å². The Morgan fingerprint density at radius 1 is 0.760 bits per heavy atom. The van der Waals surface area contributed by atoms with Gasteiger partial charge in [0.05, 0.1) is 6.04 Å². The van der Waals surface area contributed by atoms with Crippen LogP contribution in [0.2, 0.25) is 0 Å². The maximum absolute atomic E-state index is 12.2. The topological polar surface area (TPSA) is 55.1 Å². The van der Waals surface area contributed by atoms with Crippen molar-refractivity contribution in [1.29, 1.82) is 0 Å². The molecule has 0 saturated carbocycles. The Morgan fingerprint density at radius 2 is 1.32 bits per heavy atom. The number of benzene rings is 3. The Hall–Kier alpha value is -2.91. The van der Waals surface area contributed by atoms with Gasteiger partial charge < -0.3 is 11.1 Å². The smallest absolute Gasteiger partial charge is 0.237 e. The van der Waals surface area contributed by atoms with E-state index >= 15 is 0 Å². The molecule has 3 rings (SSSR count). The van der Waals surface area contributed by atoms with Crippen LogP contribution in [0.1, 0.15) is 11.1 Å². The van der Waals surface area contributed by atoms with Crippen LogP contribution in [0.25, 0.3) is 11.1 Å². The fourth-order valence-electron chi connectivity index (χ4n) is 2.73. The maximum Gasteiger partial charge on any atom is 0.237 e. The highest BCUT2D eigenvalue weighted by atomic mass is 16.2. The minimum absolute atomic E-state index is 0.129. The number of nitrogens with one attached hydrogen (secondary N) is 1. The molecule has 3 nitrogen and oxygen atoms in total. The largest absolute Gasteiger partial charge is 0.351 e. The highest BCUT2D eigenvalue weighted by Gasteiger charge is 2.13. The summed E-state index contributed by atoms with van der Waals surface area (Å²) in [5.74, 6) is -0.129. The predicted octanol–water partition coefficient (Wildman–Crippen LogP) is 3.54. The number of rotatable bonds is 6. The van der Waals surface area contributed by atoms with Crippen molar-refractivity contribution in [2.24, 2.45) is 5.73 Å². The van der Waals surface area contributed by atoms with Crippen molar-refractivity contribution < 1.29 is 4.79 Å². The van der Waals surface area contributed by atoms with E-state index in [1.165, 1.54) is 5.56 Å². The SMILES string of the molecule is N[C@@H](Cc1ccc(-c2ccccc2)cc1)C(=O)NCc1ccccc1. The van der Waals surface area contributed by atoms with Crippen molar-refractivity contribution >= 4 is 5.91 Å². The Balaban J connectivity index is 1.55. The summed E-state index contributed by atoms with van der Waals surface area (Å²) in [5.41, 5.74) is 10.5. The third-order valence-electron chi connectivity index (χ3n) is 4.16. The molecule has 0 radical (unpaired) electrons. The van der Waals surface area contributed by atoms with Crippen LogP contribution in [0.3, 0.4) is 0 Å². The minimum Gasteiger partial charge on any atom is -0.351 e. The van der Waals surface area contributed by atoms with E-state index < -0.39 is 6.04 Å². The van der Waals surface area contributed by atoms with Crippen LogP contribution in [0.15, 0.2) is 84.9 Å². The number of hydrogen-bond acceptors (Lipinski definition) is 2. The summed E-state index contributed by atoms with van der Waals surface area (Å²) in [7, 11) is 0. The molecular weight excluding hydrogens is 308 g/mol. The lowest BCUT2D eigenvalue weighted by molar-refractivity contribution is -0.122. The molecule has 0 fully saturated rings. The van der Waals surface area contributed by atoms with Gasteiger partial charge in [-0.05, 0) is 28.7 Å². The number of carbonyl (C=O) groups excluding carboxylic acids is 1. The summed E-state index contributed by atoms with van der Waals surface area (Å²) in [6.45, 7) is 0.500. The normalized spacial score (nSPS) is 11.7. The second-order valence-corrected chi connectivity index (χ2v) is 6.08. The zero-order valence-electron chi connectivity index (χ0n) is 14.1. The van der Waals surface area contributed by atoms with Crippen LogP contribution >= 0.6 is 0 Å². The highest BCUT2D eigenvalue weighted by molar-refractivity contribution is 5.81. The zero-order valence-corrected chi connectivity index (χ0v) is 14.1. The molecule has 3 aromatic carbocycles. The summed E-state index contributed by atoms with van der Waals surface area (Å²) >= 11 is 0. The molecule has 0 spiro atoms. The monoisotopic (exact) mass is 330 g/mol. The van der Waals surface area contributed by atoms with Gasteiger partial charge in [0.2, 0.25) is 5.91 Å². The van der Waals surface area contributed by atoms with Crippen LogP contribution in [0.5, 0.6) is 0 Å². The summed E-state index contributed by atoms with van der Waals surface area (Å²) in [6, 6.07) is 27.7. The van der Waals surface area contributed by atoms with E-state index in [1.807, 2.05) is 60.7 Å². The van der Waals surface area contributed by atoms with Gasteiger partial charge in [0, 0.05) is 6.54 Å². The average Bonchev–Trinajstić information content (AvgIpc) is 2.68. The van der Waals surface area contributed by atoms with E-state index in [1.54, 1.807) is 0 Å². The van der Waals surface area contributed by atoms with Gasteiger partial charge in [0.25, 0.3) is 0 Å². The molecule has 0 aliphatic carbocycles. The van der Waals surface area contributed by atoms with Crippen LogP contribution in [0.4, 0.5) is 0 Å². The molecule has 0 bridgehead atoms.